The highest BCUT2D eigenvalue weighted by Crippen LogP contribution is 2.30. The molecule has 5 rings (SSSR count). The molecule has 12 N–H and O–H groups in total. The van der Waals surface area contributed by atoms with E-state index < -0.39 is 59.7 Å². The van der Waals surface area contributed by atoms with Gasteiger partial charge in [0.15, 0.2) is 5.96 Å². The molecule has 16 heteroatoms. The third-order valence-corrected chi connectivity index (χ3v) is 10.4. The Morgan fingerprint density at radius 2 is 1.44 bits per heavy atom. The predicted molar refractivity (Wildman–Crippen MR) is 224 cm³/mol. The molecule has 4 unspecified atom stereocenters. The molecule has 0 fully saturated rings. The fraction of sp³-hybridized carbons (Fsp3) is 0.372. The van der Waals surface area contributed by atoms with Crippen molar-refractivity contribution in [3.63, 3.8) is 0 Å². The fourth-order valence-corrected chi connectivity index (χ4v) is 7.35. The number of hydrogen-bond acceptors (Lipinski definition) is 7. The number of aryl methyl sites for hydroxylation is 1. The first-order valence-electron chi connectivity index (χ1n) is 19.9. The molecule has 3 aromatic carbocycles. The maximum absolute atomic E-state index is 14.5. The maximum atomic E-state index is 14.5. The van der Waals surface area contributed by atoms with Crippen LogP contribution < -0.4 is 43.8 Å². The molecule has 0 bridgehead atoms. The number of guanidine groups is 1. The van der Waals surface area contributed by atoms with Crippen LogP contribution in [0.4, 0.5) is 0 Å². The number of hydrogen-bond donors (Lipinski definition) is 9. The van der Waals surface area contributed by atoms with Crippen LogP contribution in [0.15, 0.2) is 90.1 Å². The summed E-state index contributed by atoms with van der Waals surface area (Å²) in [4.78, 5) is 88.6. The lowest BCUT2D eigenvalue weighted by Crippen LogP contribution is -2.65. The molecule has 4 aromatic rings. The van der Waals surface area contributed by atoms with Gasteiger partial charge in [0.1, 0.15) is 23.7 Å². The fourth-order valence-electron chi connectivity index (χ4n) is 7.35. The summed E-state index contributed by atoms with van der Waals surface area (Å²) in [6.45, 7) is 1.57. The Labute approximate surface area is 342 Å². The van der Waals surface area contributed by atoms with Crippen molar-refractivity contribution in [2.75, 3.05) is 13.1 Å². The molecule has 0 saturated carbocycles. The standard InChI is InChI=1S/C43H54N10O6/c1-2-11-37(55)53-43(20-19-28-14-6-7-15-29(28)24-43)41(59)52-34(22-27-12-4-3-5-13-27)40(58)50-33(18-10-21-47-42(45)46)39(57)51-35(38(56)49-26-36(44)54)23-30-25-48-32-17-9-8-16-31(30)32/h3-9,12-17,25,33-35,48H,2,10-11,18-24,26H2,1H3,(H2,44,54)(H,49,56)(H,50,58)(H,51,57)(H,52,59)(H,53,55)(H4,45,46,47). The number of aromatic nitrogens is 1. The van der Waals surface area contributed by atoms with E-state index in [1.165, 1.54) is 0 Å². The quantitative estimate of drug-likeness (QED) is 0.0351. The van der Waals surface area contributed by atoms with Gasteiger partial charge in [0.05, 0.1) is 6.54 Å². The van der Waals surface area contributed by atoms with Crippen LogP contribution in [0.5, 0.6) is 0 Å². The zero-order valence-corrected chi connectivity index (χ0v) is 33.2. The van der Waals surface area contributed by atoms with Gasteiger partial charge in [-0.15, -0.1) is 0 Å². The van der Waals surface area contributed by atoms with E-state index in [1.54, 1.807) is 6.20 Å². The molecule has 6 amide bonds. The largest absolute Gasteiger partial charge is 0.370 e. The number of carbonyl (C=O) groups is 6. The number of H-pyrrole nitrogens is 1. The third kappa shape index (κ3) is 12.1. The molecule has 16 nitrogen and oxygen atoms in total. The van der Waals surface area contributed by atoms with Crippen LogP contribution in [0.25, 0.3) is 10.9 Å². The lowest BCUT2D eigenvalue weighted by molar-refractivity contribution is -0.137. The topological polar surface area (TPSA) is 269 Å². The van der Waals surface area contributed by atoms with Crippen LogP contribution >= 0.6 is 0 Å². The van der Waals surface area contributed by atoms with Crippen LogP contribution in [0.1, 0.15) is 61.3 Å². The zero-order valence-electron chi connectivity index (χ0n) is 33.2. The highest BCUT2D eigenvalue weighted by Gasteiger charge is 2.44. The Kier molecular flexibility index (Phi) is 15.2. The van der Waals surface area contributed by atoms with Crippen LogP contribution in [-0.4, -0.2) is 83.1 Å². The second-order valence-corrected chi connectivity index (χ2v) is 14.9. The monoisotopic (exact) mass is 806 g/mol. The number of aliphatic imine (C=N–C) groups is 1. The second-order valence-electron chi connectivity index (χ2n) is 14.9. The van der Waals surface area contributed by atoms with E-state index in [0.717, 1.165) is 33.2 Å². The minimum Gasteiger partial charge on any atom is -0.370 e. The minimum atomic E-state index is -1.33. The lowest BCUT2D eigenvalue weighted by Gasteiger charge is -2.38. The van der Waals surface area contributed by atoms with Crippen LogP contribution in [0.2, 0.25) is 0 Å². The summed E-state index contributed by atoms with van der Waals surface area (Å²) in [6, 6.07) is 20.7. The summed E-state index contributed by atoms with van der Waals surface area (Å²) >= 11 is 0. The number of nitrogens with zero attached hydrogens (tertiary/aromatic N) is 1. The molecule has 1 aromatic heterocycles. The van der Waals surface area contributed by atoms with Crippen molar-refractivity contribution in [1.82, 2.24) is 31.6 Å². The van der Waals surface area contributed by atoms with Crippen molar-refractivity contribution >= 4 is 52.3 Å². The van der Waals surface area contributed by atoms with Crippen LogP contribution in [-0.2, 0) is 54.5 Å². The Bertz CT molecular complexity index is 2150. The van der Waals surface area contributed by atoms with Gasteiger partial charge >= 0.3 is 0 Å². The number of benzene rings is 3. The lowest BCUT2D eigenvalue weighted by atomic mass is 9.77. The van der Waals surface area contributed by atoms with Crippen LogP contribution in [0, 0.1) is 0 Å². The smallest absolute Gasteiger partial charge is 0.246 e. The average Bonchev–Trinajstić information content (AvgIpc) is 3.63. The summed E-state index contributed by atoms with van der Waals surface area (Å²) in [5, 5.41) is 14.9. The Hall–Kier alpha value is -6.71. The molecule has 0 radical (unpaired) electrons. The van der Waals surface area contributed by atoms with Gasteiger partial charge in [-0.3, -0.25) is 33.8 Å². The van der Waals surface area contributed by atoms with Crippen molar-refractivity contribution < 1.29 is 28.8 Å². The third-order valence-electron chi connectivity index (χ3n) is 10.4. The SMILES string of the molecule is CCCC(=O)NC1(C(=O)NC(Cc2ccccc2)C(=O)NC(CCCN=C(N)N)C(=O)NC(Cc2c[nH]c3ccccc23)C(=O)NCC(N)=O)CCc2ccccc2C1. The number of rotatable bonds is 20. The Morgan fingerprint density at radius 3 is 2.17 bits per heavy atom. The summed E-state index contributed by atoms with van der Waals surface area (Å²) in [7, 11) is 0. The summed E-state index contributed by atoms with van der Waals surface area (Å²) in [6.07, 6.45) is 4.05. The van der Waals surface area contributed by atoms with E-state index in [-0.39, 0.29) is 56.9 Å². The number of nitrogens with one attached hydrogen (secondary N) is 6. The van der Waals surface area contributed by atoms with Crippen molar-refractivity contribution in [1.29, 1.82) is 0 Å². The van der Waals surface area contributed by atoms with E-state index >= 15 is 0 Å². The van der Waals surface area contributed by atoms with E-state index in [0.29, 0.717) is 19.3 Å². The summed E-state index contributed by atoms with van der Waals surface area (Å²) < 4.78 is 0. The molecule has 59 heavy (non-hydrogen) atoms. The van der Waals surface area contributed by atoms with Gasteiger partial charge in [0, 0.05) is 49.3 Å². The van der Waals surface area contributed by atoms with Gasteiger partial charge in [-0.2, -0.15) is 0 Å². The molecule has 0 spiro atoms. The molecular weight excluding hydrogens is 753 g/mol. The first-order chi connectivity index (χ1) is 28.4. The first kappa shape index (κ1) is 43.4. The van der Waals surface area contributed by atoms with Crippen LogP contribution in [0.3, 0.4) is 0 Å². The van der Waals surface area contributed by atoms with E-state index in [9.17, 15) is 28.8 Å². The molecule has 4 atom stereocenters. The van der Waals surface area contributed by atoms with Crippen molar-refractivity contribution in [2.45, 2.75) is 88.4 Å². The van der Waals surface area contributed by atoms with Crippen molar-refractivity contribution in [3.05, 3.63) is 107 Å². The number of fused-ring (bicyclic) bond motifs is 2. The first-order valence-corrected chi connectivity index (χ1v) is 19.9. The maximum Gasteiger partial charge on any atom is 0.246 e. The number of para-hydroxylation sites is 1. The predicted octanol–water partition coefficient (Wildman–Crippen LogP) is 0.907. The van der Waals surface area contributed by atoms with E-state index in [2.05, 4.69) is 36.6 Å². The van der Waals surface area contributed by atoms with Crippen molar-refractivity contribution in [3.8, 4) is 0 Å². The van der Waals surface area contributed by atoms with E-state index in [1.807, 2.05) is 85.8 Å². The Balaban J connectivity index is 1.43. The number of primary amides is 1. The van der Waals surface area contributed by atoms with Gasteiger partial charge in [-0.1, -0.05) is 79.7 Å². The Morgan fingerprint density at radius 1 is 0.780 bits per heavy atom. The zero-order chi connectivity index (χ0) is 42.4. The number of aromatic amines is 1. The van der Waals surface area contributed by atoms with Gasteiger partial charge in [-0.05, 0) is 60.4 Å². The molecule has 0 aliphatic heterocycles. The van der Waals surface area contributed by atoms with Gasteiger partial charge < -0.3 is 48.8 Å². The number of carbonyl (C=O) groups excluding carboxylic acids is 6. The molecule has 312 valence electrons. The van der Waals surface area contributed by atoms with E-state index in [4.69, 9.17) is 17.2 Å². The summed E-state index contributed by atoms with van der Waals surface area (Å²) in [5.41, 5.74) is 19.4. The minimum absolute atomic E-state index is 0.0384. The molecule has 1 heterocycles. The summed E-state index contributed by atoms with van der Waals surface area (Å²) in [5.74, 6) is -3.73. The highest BCUT2D eigenvalue weighted by molar-refractivity contribution is 5.98. The normalized spacial score (nSPS) is 16.0. The molecule has 1 aliphatic carbocycles. The molecule has 0 saturated heterocycles. The number of nitrogens with two attached hydrogens (primary N) is 3. The molecular formula is C43H54N10O6. The molecule has 1 aliphatic rings. The van der Waals surface area contributed by atoms with Gasteiger partial charge in [-0.25, -0.2) is 0 Å². The second kappa shape index (κ2) is 20.6. The van der Waals surface area contributed by atoms with Crippen molar-refractivity contribution in [2.24, 2.45) is 22.2 Å². The van der Waals surface area contributed by atoms with Gasteiger partial charge in [0.2, 0.25) is 35.4 Å². The number of amides is 6. The highest BCUT2D eigenvalue weighted by atomic mass is 16.2. The average molecular weight is 807 g/mol. The van der Waals surface area contributed by atoms with Gasteiger partial charge in [0.25, 0.3) is 0 Å².